The average molecular weight is 760 g/mol. The van der Waals surface area contributed by atoms with Crippen molar-refractivity contribution in [2.24, 2.45) is 0 Å². The Labute approximate surface area is 334 Å². The minimum atomic E-state index is -0.859. The van der Waals surface area contributed by atoms with Crippen molar-refractivity contribution in [1.29, 1.82) is 0 Å². The molecule has 0 heterocycles. The van der Waals surface area contributed by atoms with Crippen molar-refractivity contribution in [2.75, 3.05) is 13.2 Å². The highest BCUT2D eigenvalue weighted by Crippen LogP contribution is 2.13. The van der Waals surface area contributed by atoms with Crippen molar-refractivity contribution in [3.63, 3.8) is 0 Å². The summed E-state index contributed by atoms with van der Waals surface area (Å²) < 4.78 is 5.44. The number of rotatable bonds is 42. The van der Waals surface area contributed by atoms with Gasteiger partial charge in [0.05, 0.1) is 25.4 Å². The zero-order valence-corrected chi connectivity index (χ0v) is 35.7. The fourth-order valence-electron chi connectivity index (χ4n) is 6.74. The van der Waals surface area contributed by atoms with Crippen LogP contribution in [0, 0.1) is 0 Å². The van der Waals surface area contributed by atoms with E-state index in [0.29, 0.717) is 19.4 Å². The lowest BCUT2D eigenvalue weighted by atomic mass is 10.1. The van der Waals surface area contributed by atoms with Gasteiger partial charge in [0.2, 0.25) is 5.91 Å². The Kier molecular flexibility index (Phi) is 42.2. The van der Waals surface area contributed by atoms with Crippen molar-refractivity contribution < 1.29 is 24.5 Å². The second-order valence-corrected chi connectivity index (χ2v) is 15.7. The molecule has 3 N–H and O–H groups in total. The number of unbranched alkanes of at least 4 members (excludes halogenated alkanes) is 27. The standard InChI is InChI=1S/C48H89NO5/c1-3-5-7-9-11-13-15-16-19-22-26-30-34-38-42-48(53)54-43-39-35-31-27-23-20-17-18-21-25-29-33-37-41-47(52)49-45(44-50)46(51)40-36-32-28-24-14-12-10-8-6-4-2/h15-16,18,21,36,40,45-46,50-51H,3-14,17,19-20,22-35,37-39,41-44H2,1-2H3,(H,49,52)/b16-15-,21-18-,40-36+. The zero-order valence-electron chi connectivity index (χ0n) is 35.7. The molecule has 0 rings (SSSR count). The van der Waals surface area contributed by atoms with E-state index in [0.717, 1.165) is 70.6 Å². The molecule has 0 aromatic heterocycles. The number of esters is 1. The molecule has 0 radical (unpaired) electrons. The monoisotopic (exact) mass is 760 g/mol. The van der Waals surface area contributed by atoms with Gasteiger partial charge in [-0.3, -0.25) is 9.59 Å². The van der Waals surface area contributed by atoms with Crippen LogP contribution >= 0.6 is 0 Å². The second-order valence-electron chi connectivity index (χ2n) is 15.7. The smallest absolute Gasteiger partial charge is 0.305 e. The van der Waals surface area contributed by atoms with E-state index in [2.05, 4.69) is 43.5 Å². The summed E-state index contributed by atoms with van der Waals surface area (Å²) in [4.78, 5) is 24.3. The van der Waals surface area contributed by atoms with Crippen LogP contribution in [0.5, 0.6) is 0 Å². The number of aliphatic hydroxyl groups excluding tert-OH is 2. The van der Waals surface area contributed by atoms with Gasteiger partial charge in [0.25, 0.3) is 0 Å². The van der Waals surface area contributed by atoms with Gasteiger partial charge < -0.3 is 20.3 Å². The highest BCUT2D eigenvalue weighted by molar-refractivity contribution is 5.76. The van der Waals surface area contributed by atoms with E-state index in [1.54, 1.807) is 6.08 Å². The summed E-state index contributed by atoms with van der Waals surface area (Å²) in [6, 6.07) is -0.646. The molecule has 6 heteroatoms. The minimum Gasteiger partial charge on any atom is -0.466 e. The Morgan fingerprint density at radius 3 is 1.33 bits per heavy atom. The molecule has 0 aliphatic heterocycles. The lowest BCUT2D eigenvalue weighted by Gasteiger charge is -2.19. The molecule has 54 heavy (non-hydrogen) atoms. The van der Waals surface area contributed by atoms with Crippen LogP contribution in [0.3, 0.4) is 0 Å². The Morgan fingerprint density at radius 2 is 0.870 bits per heavy atom. The fraction of sp³-hybridized carbons (Fsp3) is 0.833. The van der Waals surface area contributed by atoms with Gasteiger partial charge >= 0.3 is 5.97 Å². The molecule has 6 nitrogen and oxygen atoms in total. The predicted octanol–water partition coefficient (Wildman–Crippen LogP) is 13.3. The third-order valence-electron chi connectivity index (χ3n) is 10.4. The summed E-state index contributed by atoms with van der Waals surface area (Å²) in [6.45, 7) is 4.81. The summed E-state index contributed by atoms with van der Waals surface area (Å²) >= 11 is 0. The van der Waals surface area contributed by atoms with Gasteiger partial charge in [0, 0.05) is 12.8 Å². The molecule has 1 amide bonds. The number of ether oxygens (including phenoxy) is 1. The molecule has 0 aromatic carbocycles. The van der Waals surface area contributed by atoms with E-state index >= 15 is 0 Å². The first-order valence-corrected chi connectivity index (χ1v) is 23.3. The Balaban J connectivity index is 3.53. The second kappa shape index (κ2) is 43.8. The van der Waals surface area contributed by atoms with Crippen molar-refractivity contribution in [2.45, 2.75) is 244 Å². The molecule has 0 fully saturated rings. The van der Waals surface area contributed by atoms with E-state index in [9.17, 15) is 19.8 Å². The number of carbonyl (C=O) groups excluding carboxylic acids is 2. The molecule has 0 aliphatic carbocycles. The minimum absolute atomic E-state index is 0.0239. The number of hydrogen-bond acceptors (Lipinski definition) is 5. The van der Waals surface area contributed by atoms with Gasteiger partial charge in [0.1, 0.15) is 0 Å². The third-order valence-corrected chi connectivity index (χ3v) is 10.4. The normalized spacial score (nSPS) is 13.0. The topological polar surface area (TPSA) is 95.9 Å². The quantitative estimate of drug-likeness (QED) is 0.0327. The summed E-state index contributed by atoms with van der Waals surface area (Å²) in [5.41, 5.74) is 0. The third kappa shape index (κ3) is 39.8. The van der Waals surface area contributed by atoms with E-state index in [1.165, 1.54) is 135 Å². The maximum atomic E-state index is 12.3. The maximum Gasteiger partial charge on any atom is 0.305 e. The van der Waals surface area contributed by atoms with E-state index in [1.807, 2.05) is 6.08 Å². The molecule has 0 bridgehead atoms. The van der Waals surface area contributed by atoms with E-state index in [-0.39, 0.29) is 18.5 Å². The number of allylic oxidation sites excluding steroid dienone is 5. The SMILES string of the molecule is CCCCCCC/C=C\CCCCCCCC(=O)OCCCCCCCC/C=C\CCCCCC(=O)NC(CO)C(O)/C=C/CCCCCCCCCC. The van der Waals surface area contributed by atoms with E-state index in [4.69, 9.17) is 4.74 Å². The van der Waals surface area contributed by atoms with E-state index < -0.39 is 12.1 Å². The molecule has 316 valence electrons. The molecular formula is C48H89NO5. The fourth-order valence-corrected chi connectivity index (χ4v) is 6.74. The number of nitrogens with one attached hydrogen (secondary N) is 1. The number of aliphatic hydroxyl groups is 2. The molecule has 0 aliphatic rings. The summed E-state index contributed by atoms with van der Waals surface area (Å²) in [7, 11) is 0. The van der Waals surface area contributed by atoms with Crippen molar-refractivity contribution >= 4 is 11.9 Å². The van der Waals surface area contributed by atoms with Crippen molar-refractivity contribution in [3.8, 4) is 0 Å². The maximum absolute atomic E-state index is 12.3. The Hall–Kier alpha value is -1.92. The molecular weight excluding hydrogens is 671 g/mol. The van der Waals surface area contributed by atoms with Gasteiger partial charge in [-0.25, -0.2) is 0 Å². The highest BCUT2D eigenvalue weighted by Gasteiger charge is 2.18. The molecule has 0 saturated heterocycles. The van der Waals surface area contributed by atoms with Gasteiger partial charge in [-0.15, -0.1) is 0 Å². The zero-order chi connectivity index (χ0) is 39.4. The van der Waals surface area contributed by atoms with Crippen LogP contribution in [-0.2, 0) is 14.3 Å². The largest absolute Gasteiger partial charge is 0.466 e. The molecule has 2 atom stereocenters. The summed E-state index contributed by atoms with van der Waals surface area (Å²) in [5, 5.41) is 22.9. The molecule has 0 aromatic rings. The molecule has 0 spiro atoms. The number of amides is 1. The van der Waals surface area contributed by atoms with Gasteiger partial charge in [-0.2, -0.15) is 0 Å². The Morgan fingerprint density at radius 1 is 0.500 bits per heavy atom. The summed E-state index contributed by atoms with van der Waals surface area (Å²) in [6.07, 6.45) is 51.3. The van der Waals surface area contributed by atoms with Gasteiger partial charge in [0.15, 0.2) is 0 Å². The average Bonchev–Trinajstić information content (AvgIpc) is 3.17. The van der Waals surface area contributed by atoms with Crippen LogP contribution in [0.25, 0.3) is 0 Å². The first kappa shape index (κ1) is 52.1. The summed E-state index contributed by atoms with van der Waals surface area (Å²) in [5.74, 6) is -0.126. The lowest BCUT2D eigenvalue weighted by molar-refractivity contribution is -0.143. The highest BCUT2D eigenvalue weighted by atomic mass is 16.5. The van der Waals surface area contributed by atoms with Crippen LogP contribution in [0.15, 0.2) is 36.5 Å². The van der Waals surface area contributed by atoms with Crippen LogP contribution in [0.1, 0.15) is 232 Å². The molecule has 0 saturated carbocycles. The first-order valence-electron chi connectivity index (χ1n) is 23.3. The van der Waals surface area contributed by atoms with Crippen LogP contribution in [0.2, 0.25) is 0 Å². The van der Waals surface area contributed by atoms with Gasteiger partial charge in [-0.1, -0.05) is 172 Å². The first-order chi connectivity index (χ1) is 26.5. The van der Waals surface area contributed by atoms with Crippen molar-refractivity contribution in [3.05, 3.63) is 36.5 Å². The van der Waals surface area contributed by atoms with Crippen LogP contribution in [0.4, 0.5) is 0 Å². The van der Waals surface area contributed by atoms with Crippen LogP contribution < -0.4 is 5.32 Å². The number of carbonyl (C=O) groups is 2. The number of hydrogen-bond donors (Lipinski definition) is 3. The Bertz CT molecular complexity index is 884. The van der Waals surface area contributed by atoms with Crippen molar-refractivity contribution in [1.82, 2.24) is 5.32 Å². The van der Waals surface area contributed by atoms with Crippen LogP contribution in [-0.4, -0.2) is 47.4 Å². The van der Waals surface area contributed by atoms with Gasteiger partial charge in [-0.05, 0) is 83.5 Å². The molecule has 2 unspecified atom stereocenters. The predicted molar refractivity (Wildman–Crippen MR) is 232 cm³/mol. The lowest BCUT2D eigenvalue weighted by Crippen LogP contribution is -2.45.